The highest BCUT2D eigenvalue weighted by Gasteiger charge is 2.09. The Kier molecular flexibility index (Phi) is 6.43. The first-order valence-corrected chi connectivity index (χ1v) is 10.1. The third-order valence-corrected chi connectivity index (χ3v) is 5.42. The van der Waals surface area contributed by atoms with Gasteiger partial charge in [0.05, 0.1) is 6.54 Å². The van der Waals surface area contributed by atoms with E-state index in [0.717, 1.165) is 34.4 Å². The van der Waals surface area contributed by atoms with Gasteiger partial charge in [0, 0.05) is 11.3 Å². The molecule has 0 spiro atoms. The summed E-state index contributed by atoms with van der Waals surface area (Å²) in [5, 5.41) is 0. The van der Waals surface area contributed by atoms with Crippen molar-refractivity contribution >= 4 is 11.3 Å². The second-order valence-electron chi connectivity index (χ2n) is 7.50. The summed E-state index contributed by atoms with van der Waals surface area (Å²) in [4.78, 5) is 4.70. The van der Waals surface area contributed by atoms with E-state index in [4.69, 9.17) is 4.99 Å². The summed E-state index contributed by atoms with van der Waals surface area (Å²) in [6.07, 6.45) is 0.850. The zero-order valence-electron chi connectivity index (χ0n) is 17.7. The lowest BCUT2D eigenvalue weighted by Gasteiger charge is -2.12. The van der Waals surface area contributed by atoms with E-state index in [1.807, 2.05) is 13.0 Å². The molecule has 0 fully saturated rings. The molecule has 3 aromatic rings. The first-order chi connectivity index (χ1) is 13.9. The van der Waals surface area contributed by atoms with Crippen molar-refractivity contribution in [2.45, 2.75) is 34.1 Å². The molecule has 0 heterocycles. The van der Waals surface area contributed by atoms with Gasteiger partial charge in [-0.1, -0.05) is 62.0 Å². The smallest absolute Gasteiger partial charge is 0.123 e. The molecular formula is C27H28FN. The maximum Gasteiger partial charge on any atom is 0.123 e. The number of hydrogen-bond donors (Lipinski definition) is 0. The van der Waals surface area contributed by atoms with Gasteiger partial charge in [-0.25, -0.2) is 4.39 Å². The molecule has 0 saturated carbocycles. The van der Waals surface area contributed by atoms with E-state index in [0.29, 0.717) is 6.54 Å². The molecule has 0 bridgehead atoms. The zero-order chi connectivity index (χ0) is 21.0. The minimum Gasteiger partial charge on any atom is -0.285 e. The minimum atomic E-state index is -0.229. The third kappa shape index (κ3) is 4.71. The largest absolute Gasteiger partial charge is 0.285 e. The fourth-order valence-electron chi connectivity index (χ4n) is 3.65. The fraction of sp³-hybridized carbons (Fsp3) is 0.222. The lowest BCUT2D eigenvalue weighted by Crippen LogP contribution is -2.03. The maximum atomic E-state index is 13.7. The Morgan fingerprint density at radius 1 is 0.931 bits per heavy atom. The van der Waals surface area contributed by atoms with Crippen molar-refractivity contribution in [2.75, 3.05) is 6.54 Å². The summed E-state index contributed by atoms with van der Waals surface area (Å²) < 4.78 is 13.7. The van der Waals surface area contributed by atoms with Crippen LogP contribution in [0.4, 0.5) is 4.39 Å². The SMILES string of the molecule is C=C(C/N=C(\C)c1cc(F)ccc1CC)c1ccc(-c2ccccc2C)c(C)c1. The van der Waals surface area contributed by atoms with Gasteiger partial charge >= 0.3 is 0 Å². The average molecular weight is 386 g/mol. The molecule has 0 saturated heterocycles. The number of aryl methyl sites for hydroxylation is 3. The van der Waals surface area contributed by atoms with Crippen LogP contribution in [0, 0.1) is 19.7 Å². The molecule has 0 radical (unpaired) electrons. The van der Waals surface area contributed by atoms with Gasteiger partial charge in [0.2, 0.25) is 0 Å². The summed E-state index contributed by atoms with van der Waals surface area (Å²) in [5.41, 5.74) is 9.87. The molecule has 1 nitrogen and oxygen atoms in total. The molecule has 29 heavy (non-hydrogen) atoms. The Balaban J connectivity index is 1.81. The molecule has 0 aliphatic heterocycles. The van der Waals surface area contributed by atoms with E-state index < -0.39 is 0 Å². The predicted octanol–water partition coefficient (Wildman–Crippen LogP) is 7.19. The van der Waals surface area contributed by atoms with Gasteiger partial charge in [-0.05, 0) is 78.3 Å². The predicted molar refractivity (Wildman–Crippen MR) is 123 cm³/mol. The normalized spacial score (nSPS) is 11.6. The van der Waals surface area contributed by atoms with E-state index in [2.05, 4.69) is 69.8 Å². The molecular weight excluding hydrogens is 357 g/mol. The van der Waals surface area contributed by atoms with Gasteiger partial charge in [-0.3, -0.25) is 4.99 Å². The molecule has 0 aliphatic carbocycles. The second-order valence-corrected chi connectivity index (χ2v) is 7.50. The van der Waals surface area contributed by atoms with Crippen molar-refractivity contribution in [3.8, 4) is 11.1 Å². The van der Waals surface area contributed by atoms with E-state index in [1.165, 1.54) is 28.3 Å². The van der Waals surface area contributed by atoms with E-state index in [1.54, 1.807) is 6.07 Å². The molecule has 0 N–H and O–H groups in total. The van der Waals surface area contributed by atoms with Gasteiger partial charge < -0.3 is 0 Å². The van der Waals surface area contributed by atoms with Gasteiger partial charge in [-0.15, -0.1) is 0 Å². The molecule has 0 aliphatic rings. The lowest BCUT2D eigenvalue weighted by molar-refractivity contribution is 0.626. The highest BCUT2D eigenvalue weighted by Crippen LogP contribution is 2.28. The molecule has 2 heteroatoms. The first kappa shape index (κ1) is 20.7. The molecule has 3 rings (SSSR count). The second kappa shape index (κ2) is 9.00. The third-order valence-electron chi connectivity index (χ3n) is 5.42. The van der Waals surface area contributed by atoms with Crippen LogP contribution in [0.5, 0.6) is 0 Å². The van der Waals surface area contributed by atoms with Crippen LogP contribution in [0.1, 0.15) is 41.7 Å². The minimum absolute atomic E-state index is 0.229. The van der Waals surface area contributed by atoms with E-state index in [9.17, 15) is 4.39 Å². The molecule has 3 aromatic carbocycles. The summed E-state index contributed by atoms with van der Waals surface area (Å²) in [6.45, 7) is 13.0. The topological polar surface area (TPSA) is 12.4 Å². The van der Waals surface area contributed by atoms with Crippen LogP contribution in [-0.2, 0) is 6.42 Å². The Bertz CT molecular complexity index is 1080. The fourth-order valence-corrected chi connectivity index (χ4v) is 3.65. The summed E-state index contributed by atoms with van der Waals surface area (Å²) in [5.74, 6) is -0.229. The highest BCUT2D eigenvalue weighted by atomic mass is 19.1. The summed E-state index contributed by atoms with van der Waals surface area (Å²) in [7, 11) is 0. The van der Waals surface area contributed by atoms with Crippen LogP contribution in [0.15, 0.2) is 72.2 Å². The number of nitrogens with zero attached hydrogens (tertiary/aromatic N) is 1. The van der Waals surface area contributed by atoms with Crippen molar-refractivity contribution in [1.82, 2.24) is 0 Å². The van der Waals surface area contributed by atoms with Crippen molar-refractivity contribution < 1.29 is 4.39 Å². The maximum absolute atomic E-state index is 13.7. The zero-order valence-corrected chi connectivity index (χ0v) is 17.7. The van der Waals surface area contributed by atoms with Crippen LogP contribution >= 0.6 is 0 Å². The Hall–Kier alpha value is -3.00. The number of hydrogen-bond acceptors (Lipinski definition) is 1. The van der Waals surface area contributed by atoms with Crippen LogP contribution in [0.3, 0.4) is 0 Å². The first-order valence-electron chi connectivity index (χ1n) is 10.1. The summed E-state index contributed by atoms with van der Waals surface area (Å²) in [6, 6.07) is 19.8. The standard InChI is InChI=1S/C27H28FN/c1-6-22-11-13-24(28)16-27(22)21(5)29-17-20(4)23-12-14-26(19(3)15-23)25-10-8-7-9-18(25)2/h7-16H,4,6,17H2,1-3,5H3/b29-21+. The van der Waals surface area contributed by atoms with Crippen molar-refractivity contribution in [1.29, 1.82) is 0 Å². The Morgan fingerprint density at radius 2 is 1.66 bits per heavy atom. The van der Waals surface area contributed by atoms with Gasteiger partial charge in [0.15, 0.2) is 0 Å². The average Bonchev–Trinajstić information content (AvgIpc) is 2.72. The highest BCUT2D eigenvalue weighted by molar-refractivity contribution is 6.00. The van der Waals surface area contributed by atoms with Crippen molar-refractivity contribution in [2.24, 2.45) is 4.99 Å². The van der Waals surface area contributed by atoms with Crippen LogP contribution < -0.4 is 0 Å². The van der Waals surface area contributed by atoms with E-state index >= 15 is 0 Å². The van der Waals surface area contributed by atoms with Crippen LogP contribution in [-0.4, -0.2) is 12.3 Å². The number of aliphatic imine (C=N–C) groups is 1. The van der Waals surface area contributed by atoms with Crippen molar-refractivity contribution in [3.63, 3.8) is 0 Å². The Morgan fingerprint density at radius 3 is 2.34 bits per heavy atom. The van der Waals surface area contributed by atoms with Gasteiger partial charge in [0.1, 0.15) is 5.82 Å². The number of benzene rings is 3. The molecule has 0 aromatic heterocycles. The molecule has 0 unspecified atom stereocenters. The van der Waals surface area contributed by atoms with Crippen LogP contribution in [0.25, 0.3) is 16.7 Å². The van der Waals surface area contributed by atoms with Gasteiger partial charge in [-0.2, -0.15) is 0 Å². The van der Waals surface area contributed by atoms with Gasteiger partial charge in [0.25, 0.3) is 0 Å². The number of rotatable bonds is 6. The summed E-state index contributed by atoms with van der Waals surface area (Å²) >= 11 is 0. The lowest BCUT2D eigenvalue weighted by atomic mass is 9.94. The number of halogens is 1. The molecule has 0 atom stereocenters. The quantitative estimate of drug-likeness (QED) is 0.398. The van der Waals surface area contributed by atoms with E-state index in [-0.39, 0.29) is 5.82 Å². The molecule has 148 valence electrons. The monoisotopic (exact) mass is 385 g/mol. The Labute approximate surface area is 173 Å². The molecule has 0 amide bonds. The van der Waals surface area contributed by atoms with Crippen LogP contribution in [0.2, 0.25) is 0 Å². The van der Waals surface area contributed by atoms with Crippen molar-refractivity contribution in [3.05, 3.63) is 101 Å².